The number of amides is 2. The quantitative estimate of drug-likeness (QED) is 0.614. The fraction of sp³-hybridized carbons (Fsp3) is 0.278. The molecule has 1 aromatic rings. The predicted octanol–water partition coefficient (Wildman–Crippen LogP) is 2.52. The number of rotatable bonds is 5. The van der Waals surface area contributed by atoms with E-state index in [2.05, 4.69) is 11.7 Å². The average molecular weight is 391 g/mol. The third kappa shape index (κ3) is 3.22. The highest BCUT2D eigenvalue weighted by atomic mass is 19.1. The molecule has 0 aliphatic carbocycles. The number of halogens is 2. The molecule has 2 rings (SSSR count). The molecular weight excluding hydrogens is 372 g/mol. The van der Waals surface area contributed by atoms with E-state index in [1.165, 1.54) is 21.3 Å². The second kappa shape index (κ2) is 7.96. The van der Waals surface area contributed by atoms with Crippen LogP contribution in [0.2, 0.25) is 0 Å². The van der Waals surface area contributed by atoms with Crippen LogP contribution in [0.5, 0.6) is 11.5 Å². The summed E-state index contributed by atoms with van der Waals surface area (Å²) in [6.45, 7) is 4.68. The molecule has 0 unspecified atom stereocenters. The summed E-state index contributed by atoms with van der Waals surface area (Å²) in [5.74, 6) is -2.84. The second-order valence-electron chi connectivity index (χ2n) is 5.84. The minimum atomic E-state index is -1.05. The number of allylic oxidation sites excluding steroid dienone is 1. The first-order valence-corrected chi connectivity index (χ1v) is 7.95. The fourth-order valence-electron chi connectivity index (χ4n) is 2.92. The molecule has 0 bridgehead atoms. The maximum absolute atomic E-state index is 14.8. The molecule has 8 nitrogen and oxygen atoms in total. The van der Waals surface area contributed by atoms with Gasteiger partial charge in [0, 0.05) is 13.1 Å². The van der Waals surface area contributed by atoms with Crippen molar-refractivity contribution in [2.45, 2.75) is 6.92 Å². The zero-order chi connectivity index (χ0) is 21.2. The zero-order valence-corrected chi connectivity index (χ0v) is 15.8. The largest absolute Gasteiger partial charge is 0.493 e. The number of benzene rings is 1. The number of anilines is 1. The molecule has 1 aliphatic rings. The SMILES string of the molecule is C=N/C(N)=C(/C#N)C1=C(C)CN(c2c(F)c(OC)cc(OC)c2F)C(=O)N1C. The number of hydrogen-bond donors (Lipinski definition) is 1. The fourth-order valence-corrected chi connectivity index (χ4v) is 2.92. The molecule has 2 N–H and O–H groups in total. The van der Waals surface area contributed by atoms with Crippen LogP contribution in [0, 0.1) is 23.0 Å². The maximum Gasteiger partial charge on any atom is 0.329 e. The Kier molecular flexibility index (Phi) is 5.88. The van der Waals surface area contributed by atoms with Gasteiger partial charge in [-0.15, -0.1) is 0 Å². The highest BCUT2D eigenvalue weighted by molar-refractivity contribution is 5.96. The number of nitrogens with two attached hydrogens (primary N) is 1. The van der Waals surface area contributed by atoms with Crippen molar-refractivity contribution in [3.8, 4) is 17.6 Å². The summed E-state index contributed by atoms with van der Waals surface area (Å²) in [5, 5.41) is 9.39. The van der Waals surface area contributed by atoms with Gasteiger partial charge in [0.2, 0.25) is 0 Å². The van der Waals surface area contributed by atoms with Gasteiger partial charge in [0.25, 0.3) is 0 Å². The van der Waals surface area contributed by atoms with Gasteiger partial charge >= 0.3 is 6.03 Å². The van der Waals surface area contributed by atoms with Gasteiger partial charge in [-0.05, 0) is 19.2 Å². The van der Waals surface area contributed by atoms with Crippen LogP contribution in [0.3, 0.4) is 0 Å². The van der Waals surface area contributed by atoms with Crippen LogP contribution < -0.4 is 20.1 Å². The summed E-state index contributed by atoms with van der Waals surface area (Å²) in [5.41, 5.74) is 5.67. The van der Waals surface area contributed by atoms with Crippen molar-refractivity contribution in [1.82, 2.24) is 4.90 Å². The van der Waals surface area contributed by atoms with E-state index in [-0.39, 0.29) is 35.1 Å². The van der Waals surface area contributed by atoms with E-state index >= 15 is 0 Å². The Bertz CT molecular complexity index is 921. The number of aliphatic imine (C=N–C) groups is 1. The summed E-state index contributed by atoms with van der Waals surface area (Å²) in [6, 6.07) is 2.15. The molecule has 1 heterocycles. The Morgan fingerprint density at radius 2 is 1.86 bits per heavy atom. The third-order valence-electron chi connectivity index (χ3n) is 4.25. The van der Waals surface area contributed by atoms with Crippen LogP contribution in [0.25, 0.3) is 0 Å². The molecule has 0 radical (unpaired) electrons. The molecule has 1 aromatic carbocycles. The molecule has 1 aliphatic heterocycles. The monoisotopic (exact) mass is 391 g/mol. The predicted molar refractivity (Wildman–Crippen MR) is 99.0 cm³/mol. The molecule has 0 spiro atoms. The zero-order valence-electron chi connectivity index (χ0n) is 15.8. The minimum Gasteiger partial charge on any atom is -0.493 e. The lowest BCUT2D eigenvalue weighted by molar-refractivity contribution is 0.223. The van der Waals surface area contributed by atoms with E-state index in [4.69, 9.17) is 15.2 Å². The Morgan fingerprint density at radius 1 is 1.32 bits per heavy atom. The van der Waals surface area contributed by atoms with Gasteiger partial charge in [-0.25, -0.2) is 18.6 Å². The number of urea groups is 1. The van der Waals surface area contributed by atoms with E-state index in [0.717, 1.165) is 15.9 Å². The molecule has 0 aromatic heterocycles. The number of carbonyl (C=O) groups is 1. The number of ether oxygens (including phenoxy) is 2. The molecule has 10 heteroatoms. The van der Waals surface area contributed by atoms with Crippen LogP contribution in [0.1, 0.15) is 6.92 Å². The number of methoxy groups -OCH3 is 2. The van der Waals surface area contributed by atoms with Crippen molar-refractivity contribution in [3.05, 3.63) is 40.4 Å². The van der Waals surface area contributed by atoms with E-state index in [1.54, 1.807) is 6.92 Å². The lowest BCUT2D eigenvalue weighted by Gasteiger charge is -2.36. The van der Waals surface area contributed by atoms with Crippen LogP contribution in [0.15, 0.2) is 33.7 Å². The average Bonchev–Trinajstić information content (AvgIpc) is 2.68. The number of carbonyl (C=O) groups excluding carboxylic acids is 1. The first-order chi connectivity index (χ1) is 13.2. The standard InChI is InChI=1S/C18H19F2N5O3/c1-9-8-25(16-13(19)11(27-4)6-12(28-5)14(16)20)18(26)24(3)15(9)10(7-21)17(22)23-2/h6H,2,8,22H2,1,3-5H3/b17-10-. The summed E-state index contributed by atoms with van der Waals surface area (Å²) in [7, 11) is 3.78. The number of nitrogens with zero attached hydrogens (tertiary/aromatic N) is 4. The summed E-state index contributed by atoms with van der Waals surface area (Å²) >= 11 is 0. The van der Waals surface area contributed by atoms with Crippen LogP contribution in [-0.2, 0) is 0 Å². The second-order valence-corrected chi connectivity index (χ2v) is 5.84. The molecule has 148 valence electrons. The first-order valence-electron chi connectivity index (χ1n) is 7.95. The highest BCUT2D eigenvalue weighted by Gasteiger charge is 2.36. The van der Waals surface area contributed by atoms with Gasteiger partial charge in [0.15, 0.2) is 23.1 Å². The van der Waals surface area contributed by atoms with Gasteiger partial charge in [-0.3, -0.25) is 9.80 Å². The summed E-state index contributed by atoms with van der Waals surface area (Å²) in [4.78, 5) is 18.4. The Hall–Kier alpha value is -3.61. The lowest BCUT2D eigenvalue weighted by Crippen LogP contribution is -2.47. The molecule has 0 atom stereocenters. The van der Waals surface area contributed by atoms with Crippen LogP contribution in [-0.4, -0.2) is 45.5 Å². The Labute approximate surface area is 160 Å². The van der Waals surface area contributed by atoms with Gasteiger partial charge in [-0.2, -0.15) is 5.26 Å². The van der Waals surface area contributed by atoms with Crippen molar-refractivity contribution in [2.24, 2.45) is 10.7 Å². The molecule has 2 amide bonds. The normalized spacial score (nSPS) is 15.2. The Balaban J connectivity index is 2.70. The van der Waals surface area contributed by atoms with E-state index < -0.39 is 23.4 Å². The van der Waals surface area contributed by atoms with Crippen molar-refractivity contribution in [2.75, 3.05) is 32.7 Å². The van der Waals surface area contributed by atoms with Crippen molar-refractivity contribution in [1.29, 1.82) is 5.26 Å². The molecule has 0 saturated heterocycles. The van der Waals surface area contributed by atoms with E-state index in [0.29, 0.717) is 5.57 Å². The molecule has 0 saturated carbocycles. The van der Waals surface area contributed by atoms with E-state index in [9.17, 15) is 18.8 Å². The smallest absolute Gasteiger partial charge is 0.329 e. The van der Waals surface area contributed by atoms with Crippen molar-refractivity contribution in [3.63, 3.8) is 0 Å². The number of hydrogen-bond acceptors (Lipinski definition) is 6. The van der Waals surface area contributed by atoms with Gasteiger partial charge < -0.3 is 15.2 Å². The van der Waals surface area contributed by atoms with E-state index in [1.807, 2.05) is 6.07 Å². The van der Waals surface area contributed by atoms with Gasteiger partial charge in [0.05, 0.1) is 26.5 Å². The number of nitriles is 1. The van der Waals surface area contributed by atoms with Crippen molar-refractivity contribution >= 4 is 18.4 Å². The molecular formula is C18H19F2N5O3. The highest BCUT2D eigenvalue weighted by Crippen LogP contribution is 2.39. The lowest BCUT2D eigenvalue weighted by atomic mass is 10.0. The van der Waals surface area contributed by atoms with Crippen molar-refractivity contribution < 1.29 is 23.0 Å². The molecule has 0 fully saturated rings. The van der Waals surface area contributed by atoms with Crippen LogP contribution in [0.4, 0.5) is 19.3 Å². The molecule has 28 heavy (non-hydrogen) atoms. The summed E-state index contributed by atoms with van der Waals surface area (Å²) in [6.07, 6.45) is 0. The van der Waals surface area contributed by atoms with Crippen LogP contribution >= 0.6 is 0 Å². The minimum absolute atomic E-state index is 0.0628. The third-order valence-corrected chi connectivity index (χ3v) is 4.25. The first kappa shape index (κ1) is 20.7. The number of likely N-dealkylation sites (N-methyl/N-ethyl adjacent to an activating group) is 1. The van der Waals surface area contributed by atoms with Gasteiger partial charge in [-0.1, -0.05) is 0 Å². The summed E-state index contributed by atoms with van der Waals surface area (Å²) < 4.78 is 39.5. The maximum atomic E-state index is 14.8. The van der Waals surface area contributed by atoms with Gasteiger partial charge in [0.1, 0.15) is 23.2 Å². The topological polar surface area (TPSA) is 104 Å². The Morgan fingerprint density at radius 3 is 2.29 bits per heavy atom.